The van der Waals surface area contributed by atoms with Crippen LogP contribution in [-0.2, 0) is 25.6 Å². The van der Waals surface area contributed by atoms with Gasteiger partial charge in [0.05, 0.1) is 12.6 Å². The molecule has 0 aliphatic carbocycles. The number of carbonyl (C=O) groups is 2. The summed E-state index contributed by atoms with van der Waals surface area (Å²) in [5.74, 6) is -0.858. The van der Waals surface area contributed by atoms with Crippen LogP contribution in [0.2, 0.25) is 0 Å². The number of nitrogens with zero attached hydrogens (tertiary/aromatic N) is 1. The van der Waals surface area contributed by atoms with Crippen molar-refractivity contribution in [2.24, 2.45) is 0 Å². The van der Waals surface area contributed by atoms with Gasteiger partial charge >= 0.3 is 0 Å². The summed E-state index contributed by atoms with van der Waals surface area (Å²) in [4.78, 5) is 25.6. The lowest BCUT2D eigenvalue weighted by Crippen LogP contribution is -2.52. The van der Waals surface area contributed by atoms with E-state index in [4.69, 9.17) is 9.47 Å². The number of hydrogen-bond acceptors (Lipinski definition) is 5. The van der Waals surface area contributed by atoms with Gasteiger partial charge in [0.25, 0.3) is 0 Å². The Morgan fingerprint density at radius 1 is 1.24 bits per heavy atom. The molecule has 0 radical (unpaired) electrons. The molecule has 154 valence electrons. The molecule has 0 saturated carbocycles. The van der Waals surface area contributed by atoms with E-state index in [1.54, 1.807) is 41.3 Å². The second kappa shape index (κ2) is 9.60. The summed E-state index contributed by atoms with van der Waals surface area (Å²) >= 11 is 0. The minimum absolute atomic E-state index is 0.0411. The van der Waals surface area contributed by atoms with Crippen molar-refractivity contribution < 1.29 is 28.6 Å². The van der Waals surface area contributed by atoms with E-state index >= 15 is 0 Å². The summed E-state index contributed by atoms with van der Waals surface area (Å²) in [6.45, 7) is -0.200. The van der Waals surface area contributed by atoms with Gasteiger partial charge in [-0.25, -0.2) is 4.39 Å². The third-order valence-electron chi connectivity index (χ3n) is 4.71. The van der Waals surface area contributed by atoms with Gasteiger partial charge in [-0.3, -0.25) is 9.59 Å². The van der Waals surface area contributed by atoms with Crippen LogP contribution in [0.15, 0.2) is 48.5 Å². The number of benzene rings is 2. The molecule has 29 heavy (non-hydrogen) atoms. The molecule has 1 fully saturated rings. The smallest absolute Gasteiger partial charge is 0.250 e. The Labute approximate surface area is 168 Å². The van der Waals surface area contributed by atoms with Crippen LogP contribution >= 0.6 is 0 Å². The van der Waals surface area contributed by atoms with Gasteiger partial charge in [0.2, 0.25) is 11.8 Å². The number of carbonyl (C=O) groups excluding carboxylic acids is 2. The molecule has 2 aromatic rings. The average Bonchev–Trinajstić information content (AvgIpc) is 2.72. The Kier molecular flexibility index (Phi) is 6.92. The Morgan fingerprint density at radius 3 is 2.55 bits per heavy atom. The summed E-state index contributed by atoms with van der Waals surface area (Å²) in [6.07, 6.45) is -0.526. The SMILES string of the molecule is COCC(=O)Nc1ccc([C@H]2OCC(=O)N(Cc3ccc(F)cc3)[C@@H]2CO)cc1. The van der Waals surface area contributed by atoms with Gasteiger partial charge in [0, 0.05) is 19.3 Å². The molecule has 3 rings (SSSR count). The summed E-state index contributed by atoms with van der Waals surface area (Å²) < 4.78 is 23.6. The number of ether oxygens (including phenoxy) is 2. The highest BCUT2D eigenvalue weighted by Crippen LogP contribution is 2.31. The lowest BCUT2D eigenvalue weighted by atomic mass is 9.98. The number of amides is 2. The average molecular weight is 402 g/mol. The highest BCUT2D eigenvalue weighted by molar-refractivity contribution is 5.91. The van der Waals surface area contributed by atoms with Crippen LogP contribution in [0, 0.1) is 5.82 Å². The maximum absolute atomic E-state index is 13.1. The van der Waals surface area contributed by atoms with Crippen LogP contribution in [0.3, 0.4) is 0 Å². The predicted molar refractivity (Wildman–Crippen MR) is 103 cm³/mol. The number of anilines is 1. The summed E-state index contributed by atoms with van der Waals surface area (Å²) in [5, 5.41) is 12.7. The molecule has 2 amide bonds. The van der Waals surface area contributed by atoms with E-state index in [1.165, 1.54) is 19.2 Å². The number of halogens is 1. The summed E-state index contributed by atoms with van der Waals surface area (Å²) in [6, 6.07) is 12.3. The fourth-order valence-electron chi connectivity index (χ4n) is 3.29. The van der Waals surface area contributed by atoms with Crippen molar-refractivity contribution in [3.63, 3.8) is 0 Å². The first-order valence-electron chi connectivity index (χ1n) is 9.17. The first kappa shape index (κ1) is 20.9. The van der Waals surface area contributed by atoms with Gasteiger partial charge < -0.3 is 24.8 Å². The predicted octanol–water partition coefficient (Wildman–Crippen LogP) is 1.87. The maximum Gasteiger partial charge on any atom is 0.250 e. The number of hydrogen-bond donors (Lipinski definition) is 2. The molecule has 2 aromatic carbocycles. The van der Waals surface area contributed by atoms with Crippen LogP contribution in [0.5, 0.6) is 0 Å². The quantitative estimate of drug-likeness (QED) is 0.738. The fourth-order valence-corrected chi connectivity index (χ4v) is 3.29. The maximum atomic E-state index is 13.1. The standard InChI is InChI=1S/C21H23FN2O5/c1-28-12-19(26)23-17-8-4-15(5-9-17)21-18(11-25)24(20(27)13-29-21)10-14-2-6-16(22)7-3-14/h2-9,18,21,25H,10-13H2,1H3,(H,23,26)/t18-,21-/m1/s1. The van der Waals surface area contributed by atoms with Crippen molar-refractivity contribution in [3.05, 3.63) is 65.5 Å². The van der Waals surface area contributed by atoms with Crippen molar-refractivity contribution in [1.82, 2.24) is 4.90 Å². The van der Waals surface area contributed by atoms with Crippen LogP contribution in [0.1, 0.15) is 17.2 Å². The zero-order valence-electron chi connectivity index (χ0n) is 16.0. The second-order valence-corrected chi connectivity index (χ2v) is 6.73. The van der Waals surface area contributed by atoms with E-state index in [2.05, 4.69) is 5.32 Å². The monoisotopic (exact) mass is 402 g/mol. The van der Waals surface area contributed by atoms with E-state index in [-0.39, 0.29) is 44.0 Å². The van der Waals surface area contributed by atoms with Gasteiger partial charge in [0.15, 0.2) is 0 Å². The molecular weight excluding hydrogens is 379 g/mol. The topological polar surface area (TPSA) is 88.1 Å². The molecule has 0 unspecified atom stereocenters. The largest absolute Gasteiger partial charge is 0.394 e. The second-order valence-electron chi connectivity index (χ2n) is 6.73. The molecule has 1 saturated heterocycles. The first-order valence-corrected chi connectivity index (χ1v) is 9.17. The number of morpholine rings is 1. The van der Waals surface area contributed by atoms with Crippen molar-refractivity contribution in [2.45, 2.75) is 18.7 Å². The molecule has 1 heterocycles. The van der Waals surface area contributed by atoms with E-state index < -0.39 is 12.1 Å². The molecule has 7 nitrogen and oxygen atoms in total. The first-order chi connectivity index (χ1) is 14.0. The Hall–Kier alpha value is -2.81. The summed E-state index contributed by atoms with van der Waals surface area (Å²) in [5.41, 5.74) is 2.13. The minimum Gasteiger partial charge on any atom is -0.394 e. The van der Waals surface area contributed by atoms with Crippen LogP contribution in [-0.4, -0.2) is 54.8 Å². The summed E-state index contributed by atoms with van der Waals surface area (Å²) in [7, 11) is 1.44. The number of nitrogens with one attached hydrogen (secondary N) is 1. The molecule has 1 aliphatic heterocycles. The van der Waals surface area contributed by atoms with E-state index in [0.717, 1.165) is 11.1 Å². The molecule has 0 bridgehead atoms. The van der Waals surface area contributed by atoms with Crippen molar-refractivity contribution >= 4 is 17.5 Å². The Morgan fingerprint density at radius 2 is 1.93 bits per heavy atom. The highest BCUT2D eigenvalue weighted by Gasteiger charge is 2.37. The van der Waals surface area contributed by atoms with Crippen molar-refractivity contribution in [3.8, 4) is 0 Å². The van der Waals surface area contributed by atoms with Crippen LogP contribution in [0.4, 0.5) is 10.1 Å². The third kappa shape index (κ3) is 5.17. The van der Waals surface area contributed by atoms with E-state index in [0.29, 0.717) is 5.69 Å². The molecule has 0 aromatic heterocycles. The van der Waals surface area contributed by atoms with Gasteiger partial charge in [-0.05, 0) is 35.4 Å². The molecule has 2 atom stereocenters. The van der Waals surface area contributed by atoms with Crippen molar-refractivity contribution in [2.75, 3.05) is 32.2 Å². The van der Waals surface area contributed by atoms with Gasteiger partial charge in [-0.15, -0.1) is 0 Å². The van der Waals surface area contributed by atoms with Gasteiger partial charge in [-0.2, -0.15) is 0 Å². The lowest BCUT2D eigenvalue weighted by Gasteiger charge is -2.40. The minimum atomic E-state index is -0.588. The zero-order chi connectivity index (χ0) is 20.8. The van der Waals surface area contributed by atoms with E-state index in [1.807, 2.05) is 0 Å². The number of aliphatic hydroxyl groups is 1. The van der Waals surface area contributed by atoms with Gasteiger partial charge in [-0.1, -0.05) is 24.3 Å². The van der Waals surface area contributed by atoms with Crippen LogP contribution < -0.4 is 5.32 Å². The Bertz CT molecular complexity index is 841. The highest BCUT2D eigenvalue weighted by atomic mass is 19.1. The number of methoxy groups -OCH3 is 1. The van der Waals surface area contributed by atoms with E-state index in [9.17, 15) is 19.1 Å². The molecule has 1 aliphatic rings. The fraction of sp³-hybridized carbons (Fsp3) is 0.333. The number of aliphatic hydroxyl groups excluding tert-OH is 1. The normalized spacial score (nSPS) is 19.3. The zero-order valence-corrected chi connectivity index (χ0v) is 16.0. The molecule has 8 heteroatoms. The molecule has 2 N–H and O–H groups in total. The molecule has 0 spiro atoms. The molecular formula is C21H23FN2O5. The third-order valence-corrected chi connectivity index (χ3v) is 4.71. The van der Waals surface area contributed by atoms with Crippen molar-refractivity contribution in [1.29, 1.82) is 0 Å². The Balaban J connectivity index is 1.75. The van der Waals surface area contributed by atoms with Gasteiger partial charge in [0.1, 0.15) is 25.1 Å². The number of rotatable bonds is 7. The van der Waals surface area contributed by atoms with Crippen LogP contribution in [0.25, 0.3) is 0 Å². The lowest BCUT2D eigenvalue weighted by molar-refractivity contribution is -0.162.